The van der Waals surface area contributed by atoms with Crippen LogP contribution < -0.4 is 5.73 Å². The normalized spacial score (nSPS) is 20.1. The molecule has 0 spiro atoms. The molecule has 1 unspecified atom stereocenters. The van der Waals surface area contributed by atoms with Crippen LogP contribution in [-0.2, 0) is 5.41 Å². The van der Waals surface area contributed by atoms with Gasteiger partial charge in [-0.25, -0.2) is 0 Å². The van der Waals surface area contributed by atoms with Gasteiger partial charge in [0.25, 0.3) is 0 Å². The van der Waals surface area contributed by atoms with Gasteiger partial charge in [-0.05, 0) is 31.7 Å². The molecule has 1 nitrogen and oxygen atoms in total. The molecule has 17 heavy (non-hydrogen) atoms. The molecule has 1 atom stereocenters. The van der Waals surface area contributed by atoms with E-state index in [0.717, 1.165) is 6.42 Å². The van der Waals surface area contributed by atoms with Crippen LogP contribution in [0.15, 0.2) is 42.5 Å². The van der Waals surface area contributed by atoms with E-state index in [4.69, 9.17) is 5.73 Å². The lowest BCUT2D eigenvalue weighted by Gasteiger charge is -2.36. The minimum absolute atomic E-state index is 0.195. The highest BCUT2D eigenvalue weighted by Crippen LogP contribution is 2.44. The van der Waals surface area contributed by atoms with Crippen LogP contribution in [0.25, 0.3) is 0 Å². The van der Waals surface area contributed by atoms with Gasteiger partial charge >= 0.3 is 0 Å². The fourth-order valence-electron chi connectivity index (χ4n) is 3.22. The van der Waals surface area contributed by atoms with E-state index in [9.17, 15) is 0 Å². The molecular weight excluding hydrogens is 206 g/mol. The molecule has 1 aliphatic rings. The summed E-state index contributed by atoms with van der Waals surface area (Å²) in [4.78, 5) is 0. The Balaban J connectivity index is 2.30. The van der Waals surface area contributed by atoms with Crippen molar-refractivity contribution in [1.29, 1.82) is 0 Å². The van der Waals surface area contributed by atoms with E-state index < -0.39 is 0 Å². The predicted octanol–water partition coefficient (Wildman–Crippen LogP) is 3.79. The molecule has 1 heteroatoms. The molecule has 0 aliphatic heterocycles. The lowest BCUT2D eigenvalue weighted by atomic mass is 9.71. The van der Waals surface area contributed by atoms with E-state index in [1.807, 2.05) is 0 Å². The van der Waals surface area contributed by atoms with Crippen LogP contribution in [-0.4, -0.2) is 6.04 Å². The number of hydrogen-bond donors (Lipinski definition) is 1. The van der Waals surface area contributed by atoms with Gasteiger partial charge < -0.3 is 5.73 Å². The molecule has 92 valence electrons. The molecule has 0 aromatic heterocycles. The topological polar surface area (TPSA) is 26.0 Å². The van der Waals surface area contributed by atoms with Gasteiger partial charge in [0.05, 0.1) is 0 Å². The van der Waals surface area contributed by atoms with Crippen molar-refractivity contribution in [2.24, 2.45) is 5.73 Å². The lowest BCUT2D eigenvalue weighted by Crippen LogP contribution is -2.43. The van der Waals surface area contributed by atoms with Crippen LogP contribution in [0.1, 0.15) is 44.6 Å². The van der Waals surface area contributed by atoms with Crippen molar-refractivity contribution in [2.45, 2.75) is 50.5 Å². The Morgan fingerprint density at radius 3 is 2.41 bits per heavy atom. The largest absolute Gasteiger partial charge is 0.327 e. The van der Waals surface area contributed by atoms with Crippen LogP contribution in [0.3, 0.4) is 0 Å². The third kappa shape index (κ3) is 2.44. The molecule has 1 saturated carbocycles. The average molecular weight is 229 g/mol. The quantitative estimate of drug-likeness (QED) is 0.781. The highest BCUT2D eigenvalue weighted by atomic mass is 14.7. The Labute approximate surface area is 105 Å². The minimum Gasteiger partial charge on any atom is -0.327 e. The standard InChI is InChI=1S/C16H23N/c1-13(2)12-15(17)16(10-6-7-11-16)14-8-4-3-5-9-14/h3-5,8-9,15H,1,6-7,10-12,17H2,2H3. The van der Waals surface area contributed by atoms with E-state index in [-0.39, 0.29) is 11.5 Å². The molecule has 2 N–H and O–H groups in total. The molecule has 1 aromatic rings. The first-order chi connectivity index (χ1) is 8.15. The SMILES string of the molecule is C=C(C)CC(N)C1(c2ccccc2)CCCC1. The van der Waals surface area contributed by atoms with Crippen LogP contribution in [0, 0.1) is 0 Å². The fraction of sp³-hybridized carbons (Fsp3) is 0.500. The van der Waals surface area contributed by atoms with Crippen molar-refractivity contribution in [3.8, 4) is 0 Å². The highest BCUT2D eigenvalue weighted by molar-refractivity contribution is 5.29. The third-order valence-corrected chi connectivity index (χ3v) is 4.12. The average Bonchev–Trinajstić information content (AvgIpc) is 2.79. The highest BCUT2D eigenvalue weighted by Gasteiger charge is 2.40. The summed E-state index contributed by atoms with van der Waals surface area (Å²) >= 11 is 0. The van der Waals surface area contributed by atoms with Crippen molar-refractivity contribution in [1.82, 2.24) is 0 Å². The zero-order valence-corrected chi connectivity index (χ0v) is 10.8. The van der Waals surface area contributed by atoms with Crippen LogP contribution in [0.5, 0.6) is 0 Å². The number of hydrogen-bond acceptors (Lipinski definition) is 1. The van der Waals surface area contributed by atoms with Crippen molar-refractivity contribution in [2.75, 3.05) is 0 Å². The van der Waals surface area contributed by atoms with Crippen LogP contribution in [0.4, 0.5) is 0 Å². The maximum atomic E-state index is 6.49. The van der Waals surface area contributed by atoms with Crippen molar-refractivity contribution < 1.29 is 0 Å². The van der Waals surface area contributed by atoms with Gasteiger partial charge in [-0.2, -0.15) is 0 Å². The van der Waals surface area contributed by atoms with Crippen LogP contribution in [0.2, 0.25) is 0 Å². The zero-order valence-electron chi connectivity index (χ0n) is 10.8. The van der Waals surface area contributed by atoms with Gasteiger partial charge in [0.1, 0.15) is 0 Å². The first-order valence-corrected chi connectivity index (χ1v) is 6.61. The second-order valence-electron chi connectivity index (χ2n) is 5.50. The van der Waals surface area contributed by atoms with Gasteiger partial charge in [0.15, 0.2) is 0 Å². The second kappa shape index (κ2) is 5.05. The number of rotatable bonds is 4. The third-order valence-electron chi connectivity index (χ3n) is 4.12. The van der Waals surface area contributed by atoms with Crippen molar-refractivity contribution in [3.05, 3.63) is 48.0 Å². The number of benzene rings is 1. The molecular formula is C16H23N. The van der Waals surface area contributed by atoms with Crippen LogP contribution >= 0.6 is 0 Å². The maximum absolute atomic E-state index is 6.49. The fourth-order valence-corrected chi connectivity index (χ4v) is 3.22. The van der Waals surface area contributed by atoms with Gasteiger partial charge in [-0.1, -0.05) is 48.7 Å². The molecule has 0 bridgehead atoms. The summed E-state index contributed by atoms with van der Waals surface area (Å²) in [5, 5.41) is 0. The summed E-state index contributed by atoms with van der Waals surface area (Å²) in [5.41, 5.74) is 9.30. The second-order valence-corrected chi connectivity index (χ2v) is 5.50. The van der Waals surface area contributed by atoms with Gasteiger partial charge in [-0.3, -0.25) is 0 Å². The van der Waals surface area contributed by atoms with Crippen molar-refractivity contribution >= 4 is 0 Å². The summed E-state index contributed by atoms with van der Waals surface area (Å²) in [5.74, 6) is 0. The molecule has 2 rings (SSSR count). The summed E-state index contributed by atoms with van der Waals surface area (Å²) in [7, 11) is 0. The minimum atomic E-state index is 0.195. The van der Waals surface area contributed by atoms with Gasteiger partial charge in [0, 0.05) is 11.5 Å². The Kier molecular flexibility index (Phi) is 3.68. The lowest BCUT2D eigenvalue weighted by molar-refractivity contribution is 0.347. The molecule has 1 aliphatic carbocycles. The van der Waals surface area contributed by atoms with E-state index in [2.05, 4.69) is 43.8 Å². The van der Waals surface area contributed by atoms with E-state index in [0.29, 0.717) is 0 Å². The Bertz CT molecular complexity index is 374. The van der Waals surface area contributed by atoms with Gasteiger partial charge in [0.2, 0.25) is 0 Å². The monoisotopic (exact) mass is 229 g/mol. The Morgan fingerprint density at radius 1 is 1.29 bits per heavy atom. The van der Waals surface area contributed by atoms with E-state index >= 15 is 0 Å². The molecule has 1 aromatic carbocycles. The van der Waals surface area contributed by atoms with E-state index in [1.165, 1.54) is 36.8 Å². The van der Waals surface area contributed by atoms with Gasteiger partial charge in [-0.15, -0.1) is 6.58 Å². The molecule has 0 saturated heterocycles. The molecule has 0 heterocycles. The molecule has 1 fully saturated rings. The first kappa shape index (κ1) is 12.4. The first-order valence-electron chi connectivity index (χ1n) is 6.61. The zero-order chi connectivity index (χ0) is 12.3. The maximum Gasteiger partial charge on any atom is 0.0174 e. The molecule has 0 amide bonds. The predicted molar refractivity (Wildman–Crippen MR) is 74.0 cm³/mol. The smallest absolute Gasteiger partial charge is 0.0174 e. The summed E-state index contributed by atoms with van der Waals surface area (Å²) in [6.07, 6.45) is 6.00. The summed E-state index contributed by atoms with van der Waals surface area (Å²) in [6, 6.07) is 11.0. The Hall–Kier alpha value is -1.08. The number of nitrogens with two attached hydrogens (primary N) is 1. The summed E-state index contributed by atoms with van der Waals surface area (Å²) < 4.78 is 0. The molecule has 0 radical (unpaired) electrons. The van der Waals surface area contributed by atoms with Crippen molar-refractivity contribution in [3.63, 3.8) is 0 Å². The summed E-state index contributed by atoms with van der Waals surface area (Å²) in [6.45, 7) is 6.09. The Morgan fingerprint density at radius 2 is 1.88 bits per heavy atom. The van der Waals surface area contributed by atoms with E-state index in [1.54, 1.807) is 0 Å².